The van der Waals surface area contributed by atoms with E-state index in [9.17, 15) is 4.79 Å². The summed E-state index contributed by atoms with van der Waals surface area (Å²) in [6, 6.07) is 7.08. The topological polar surface area (TPSA) is 70.1 Å². The maximum atomic E-state index is 11.4. The molecule has 88 valence electrons. The number of aromatic nitrogens is 2. The molecular formula is C11H10ClN3O2. The van der Waals surface area contributed by atoms with Crippen LogP contribution in [0.2, 0.25) is 5.02 Å². The molecule has 6 heteroatoms. The Kier molecular flexibility index (Phi) is 3.01. The van der Waals surface area contributed by atoms with Crippen LogP contribution in [-0.4, -0.2) is 22.9 Å². The lowest BCUT2D eigenvalue weighted by molar-refractivity contribution is 0.0602. The Morgan fingerprint density at radius 2 is 2.18 bits per heavy atom. The fraction of sp³-hybridized carbons (Fsp3) is 0.0909. The Hall–Kier alpha value is -2.01. The van der Waals surface area contributed by atoms with Crippen LogP contribution in [0, 0.1) is 0 Å². The summed E-state index contributed by atoms with van der Waals surface area (Å²) in [5.74, 6) is -0.328. The molecule has 0 radical (unpaired) electrons. The van der Waals surface area contributed by atoms with Gasteiger partial charge in [0.1, 0.15) is 11.4 Å². The molecule has 0 atom stereocenters. The smallest absolute Gasteiger partial charge is 0.343 e. The predicted octanol–water partition coefficient (Wildman–Crippen LogP) is 1.89. The van der Waals surface area contributed by atoms with E-state index in [0.717, 1.165) is 0 Å². The zero-order valence-corrected chi connectivity index (χ0v) is 9.81. The van der Waals surface area contributed by atoms with Crippen molar-refractivity contribution in [2.45, 2.75) is 0 Å². The Morgan fingerprint density at radius 3 is 2.82 bits per heavy atom. The first-order valence-electron chi connectivity index (χ1n) is 4.82. The number of hydrogen-bond donors (Lipinski definition) is 1. The first-order valence-corrected chi connectivity index (χ1v) is 5.19. The molecule has 0 saturated carbocycles. The lowest BCUT2D eigenvalue weighted by atomic mass is 10.3. The summed E-state index contributed by atoms with van der Waals surface area (Å²) >= 11 is 6.02. The molecule has 5 nitrogen and oxygen atoms in total. The van der Waals surface area contributed by atoms with Crippen molar-refractivity contribution in [1.29, 1.82) is 0 Å². The van der Waals surface area contributed by atoms with Crippen LogP contribution < -0.4 is 5.73 Å². The first kappa shape index (κ1) is 11.5. The summed E-state index contributed by atoms with van der Waals surface area (Å²) in [5.41, 5.74) is 6.65. The fourth-order valence-electron chi connectivity index (χ4n) is 1.44. The number of para-hydroxylation sites is 1. The molecule has 0 bridgehead atoms. The Morgan fingerprint density at radius 1 is 1.47 bits per heavy atom. The van der Waals surface area contributed by atoms with E-state index in [0.29, 0.717) is 10.7 Å². The van der Waals surface area contributed by atoms with Crippen LogP contribution in [0.25, 0.3) is 5.69 Å². The van der Waals surface area contributed by atoms with Crippen molar-refractivity contribution in [2.75, 3.05) is 12.8 Å². The van der Waals surface area contributed by atoms with Gasteiger partial charge in [-0.25, -0.2) is 9.48 Å². The number of ether oxygens (including phenoxy) is 1. The second kappa shape index (κ2) is 4.47. The van der Waals surface area contributed by atoms with Crippen molar-refractivity contribution in [2.24, 2.45) is 0 Å². The Balaban J connectivity index is 2.52. The number of anilines is 1. The van der Waals surface area contributed by atoms with Crippen LogP contribution >= 0.6 is 11.6 Å². The summed E-state index contributed by atoms with van der Waals surface area (Å²) < 4.78 is 5.99. The molecule has 0 spiro atoms. The number of nitrogens with zero attached hydrogens (tertiary/aromatic N) is 2. The number of methoxy groups -OCH3 is 1. The molecule has 2 aromatic rings. The molecule has 1 aromatic carbocycles. The molecule has 0 saturated heterocycles. The number of carbonyl (C=O) groups is 1. The highest BCUT2D eigenvalue weighted by atomic mass is 35.5. The van der Waals surface area contributed by atoms with E-state index in [2.05, 4.69) is 9.84 Å². The minimum atomic E-state index is -0.527. The highest BCUT2D eigenvalue weighted by Gasteiger charge is 2.17. The van der Waals surface area contributed by atoms with Crippen LogP contribution in [0.1, 0.15) is 10.4 Å². The first-order chi connectivity index (χ1) is 8.15. The molecule has 0 aliphatic heterocycles. The van der Waals surface area contributed by atoms with E-state index in [1.54, 1.807) is 24.3 Å². The van der Waals surface area contributed by atoms with Gasteiger partial charge in [-0.3, -0.25) is 0 Å². The normalized spacial score (nSPS) is 10.2. The van der Waals surface area contributed by atoms with Crippen LogP contribution in [-0.2, 0) is 4.74 Å². The second-order valence-electron chi connectivity index (χ2n) is 3.30. The number of nitrogens with two attached hydrogens (primary N) is 1. The van der Waals surface area contributed by atoms with Crippen molar-refractivity contribution >= 4 is 23.4 Å². The fourth-order valence-corrected chi connectivity index (χ4v) is 1.66. The van der Waals surface area contributed by atoms with Crippen LogP contribution in [0.5, 0.6) is 0 Å². The van der Waals surface area contributed by atoms with E-state index in [-0.39, 0.29) is 11.4 Å². The van der Waals surface area contributed by atoms with Gasteiger partial charge in [0.25, 0.3) is 0 Å². The number of esters is 1. The molecule has 2 rings (SSSR count). The monoisotopic (exact) mass is 251 g/mol. The van der Waals surface area contributed by atoms with Gasteiger partial charge in [-0.05, 0) is 12.1 Å². The van der Waals surface area contributed by atoms with Gasteiger partial charge in [0.05, 0.1) is 24.0 Å². The van der Waals surface area contributed by atoms with Gasteiger partial charge in [-0.15, -0.1) is 0 Å². The molecule has 0 amide bonds. The van der Waals surface area contributed by atoms with E-state index in [1.165, 1.54) is 18.0 Å². The third kappa shape index (κ3) is 1.97. The van der Waals surface area contributed by atoms with Gasteiger partial charge in [0.15, 0.2) is 0 Å². The summed E-state index contributed by atoms with van der Waals surface area (Å²) in [6.45, 7) is 0. The Labute approximate surface area is 103 Å². The summed E-state index contributed by atoms with van der Waals surface area (Å²) in [5, 5.41) is 4.52. The van der Waals surface area contributed by atoms with Crippen LogP contribution in [0.3, 0.4) is 0 Å². The minimum absolute atomic E-state index is 0.199. The lowest BCUT2D eigenvalue weighted by Gasteiger charge is -2.06. The molecular weight excluding hydrogens is 242 g/mol. The number of nitrogen functional groups attached to an aromatic ring is 1. The van der Waals surface area contributed by atoms with Crippen LogP contribution in [0.4, 0.5) is 5.82 Å². The lowest BCUT2D eigenvalue weighted by Crippen LogP contribution is -2.07. The molecule has 1 heterocycles. The van der Waals surface area contributed by atoms with Crippen molar-refractivity contribution in [3.63, 3.8) is 0 Å². The zero-order valence-electron chi connectivity index (χ0n) is 9.05. The predicted molar refractivity (Wildman–Crippen MR) is 64.3 cm³/mol. The summed E-state index contributed by atoms with van der Waals surface area (Å²) in [4.78, 5) is 11.4. The van der Waals surface area contributed by atoms with E-state index < -0.39 is 5.97 Å². The molecule has 17 heavy (non-hydrogen) atoms. The average molecular weight is 252 g/mol. The maximum absolute atomic E-state index is 11.4. The van der Waals surface area contributed by atoms with Crippen molar-refractivity contribution in [3.8, 4) is 5.69 Å². The van der Waals surface area contributed by atoms with Crippen LogP contribution in [0.15, 0.2) is 30.5 Å². The molecule has 2 N–H and O–H groups in total. The molecule has 0 unspecified atom stereocenters. The highest BCUT2D eigenvalue weighted by Crippen LogP contribution is 2.23. The van der Waals surface area contributed by atoms with E-state index in [1.807, 2.05) is 0 Å². The zero-order chi connectivity index (χ0) is 12.4. The van der Waals surface area contributed by atoms with Gasteiger partial charge >= 0.3 is 5.97 Å². The minimum Gasteiger partial charge on any atom is -0.465 e. The number of halogens is 1. The molecule has 1 aromatic heterocycles. The molecule has 0 fully saturated rings. The number of benzene rings is 1. The summed E-state index contributed by atoms with van der Waals surface area (Å²) in [7, 11) is 1.29. The number of rotatable bonds is 2. The SMILES string of the molecule is COC(=O)c1cnn(-c2ccccc2Cl)c1N. The average Bonchev–Trinajstić information content (AvgIpc) is 2.71. The van der Waals surface area contributed by atoms with E-state index in [4.69, 9.17) is 17.3 Å². The largest absolute Gasteiger partial charge is 0.465 e. The number of hydrogen-bond acceptors (Lipinski definition) is 4. The van der Waals surface area contributed by atoms with E-state index >= 15 is 0 Å². The molecule has 0 aliphatic rings. The van der Waals surface area contributed by atoms with Gasteiger partial charge in [-0.1, -0.05) is 23.7 Å². The van der Waals surface area contributed by atoms with Crippen molar-refractivity contribution in [3.05, 3.63) is 41.0 Å². The van der Waals surface area contributed by atoms with Gasteiger partial charge in [0.2, 0.25) is 0 Å². The Bertz CT molecular complexity index is 566. The van der Waals surface area contributed by atoms with Gasteiger partial charge in [-0.2, -0.15) is 5.10 Å². The second-order valence-corrected chi connectivity index (χ2v) is 3.71. The van der Waals surface area contributed by atoms with Gasteiger partial charge in [0, 0.05) is 0 Å². The quantitative estimate of drug-likeness (QED) is 0.828. The van der Waals surface area contributed by atoms with Crippen molar-refractivity contribution in [1.82, 2.24) is 9.78 Å². The summed E-state index contributed by atoms with van der Waals surface area (Å²) in [6.07, 6.45) is 1.35. The standard InChI is InChI=1S/C11H10ClN3O2/c1-17-11(16)7-6-14-15(10(7)13)9-5-3-2-4-8(9)12/h2-6H,13H2,1H3. The highest BCUT2D eigenvalue weighted by molar-refractivity contribution is 6.32. The third-order valence-corrected chi connectivity index (χ3v) is 2.61. The van der Waals surface area contributed by atoms with Gasteiger partial charge < -0.3 is 10.5 Å². The maximum Gasteiger partial charge on any atom is 0.343 e. The number of carbonyl (C=O) groups excluding carboxylic acids is 1. The molecule has 0 aliphatic carbocycles. The third-order valence-electron chi connectivity index (χ3n) is 2.29. The van der Waals surface area contributed by atoms with Crippen molar-refractivity contribution < 1.29 is 9.53 Å².